The van der Waals surface area contributed by atoms with Crippen molar-refractivity contribution in [1.82, 2.24) is 10.2 Å². The molecular formula is C17H26N4O2. The second kappa shape index (κ2) is 7.35. The Bertz CT molecular complexity index is 565. The zero-order valence-electron chi connectivity index (χ0n) is 14.1. The summed E-state index contributed by atoms with van der Waals surface area (Å²) in [4.78, 5) is 27.8. The molecule has 1 heterocycles. The first-order valence-corrected chi connectivity index (χ1v) is 8.05. The number of hydrogen-bond donors (Lipinski definition) is 2. The summed E-state index contributed by atoms with van der Waals surface area (Å²) in [6.45, 7) is 8.76. The highest BCUT2D eigenvalue weighted by Crippen LogP contribution is 2.18. The molecule has 0 aromatic heterocycles. The first-order valence-electron chi connectivity index (χ1n) is 8.05. The number of piperazine rings is 1. The average molecular weight is 318 g/mol. The van der Waals surface area contributed by atoms with Crippen molar-refractivity contribution in [2.45, 2.75) is 26.8 Å². The summed E-state index contributed by atoms with van der Waals surface area (Å²) in [5.41, 5.74) is 7.60. The lowest BCUT2D eigenvalue weighted by Crippen LogP contribution is -2.57. The Morgan fingerprint density at radius 3 is 2.35 bits per heavy atom. The van der Waals surface area contributed by atoms with Gasteiger partial charge in [0.05, 0.1) is 0 Å². The molecule has 3 amide bonds. The Hall–Kier alpha value is -2.24. The van der Waals surface area contributed by atoms with E-state index >= 15 is 0 Å². The number of carbonyl (C=O) groups is 2. The fourth-order valence-corrected chi connectivity index (χ4v) is 2.87. The van der Waals surface area contributed by atoms with Crippen LogP contribution in [0.3, 0.4) is 0 Å². The molecule has 0 aliphatic carbocycles. The number of primary amides is 1. The van der Waals surface area contributed by atoms with Gasteiger partial charge in [-0.2, -0.15) is 0 Å². The maximum atomic E-state index is 12.6. The van der Waals surface area contributed by atoms with Crippen LogP contribution in [0.4, 0.5) is 10.5 Å². The van der Waals surface area contributed by atoms with Crippen LogP contribution in [0.1, 0.15) is 19.4 Å². The minimum atomic E-state index is -0.657. The van der Waals surface area contributed by atoms with Crippen molar-refractivity contribution in [2.75, 3.05) is 31.1 Å². The normalized spacial score (nSPS) is 16.3. The molecule has 1 aliphatic heterocycles. The highest BCUT2D eigenvalue weighted by Gasteiger charge is 2.30. The lowest BCUT2D eigenvalue weighted by atomic mass is 10.0. The summed E-state index contributed by atoms with van der Waals surface area (Å²) >= 11 is 0. The van der Waals surface area contributed by atoms with E-state index in [-0.39, 0.29) is 11.8 Å². The fraction of sp³-hybridized carbons (Fsp3) is 0.529. The molecule has 23 heavy (non-hydrogen) atoms. The molecule has 2 rings (SSSR count). The summed E-state index contributed by atoms with van der Waals surface area (Å²) < 4.78 is 0. The first-order chi connectivity index (χ1) is 10.9. The second-order valence-electron chi connectivity index (χ2n) is 6.38. The van der Waals surface area contributed by atoms with Crippen molar-refractivity contribution in [3.8, 4) is 0 Å². The average Bonchev–Trinajstić information content (AvgIpc) is 2.52. The number of amides is 3. The van der Waals surface area contributed by atoms with Gasteiger partial charge in [-0.1, -0.05) is 26.0 Å². The number of nitrogens with two attached hydrogens (primary N) is 1. The van der Waals surface area contributed by atoms with E-state index < -0.39 is 12.1 Å². The van der Waals surface area contributed by atoms with Crippen molar-refractivity contribution in [3.05, 3.63) is 29.8 Å². The number of nitrogens with zero attached hydrogens (tertiary/aromatic N) is 2. The lowest BCUT2D eigenvalue weighted by molar-refractivity contribution is -0.134. The third-order valence-corrected chi connectivity index (χ3v) is 4.19. The Morgan fingerprint density at radius 2 is 1.83 bits per heavy atom. The maximum Gasteiger partial charge on any atom is 0.312 e. The fourth-order valence-electron chi connectivity index (χ4n) is 2.87. The maximum absolute atomic E-state index is 12.6. The van der Waals surface area contributed by atoms with Crippen LogP contribution >= 0.6 is 0 Å². The van der Waals surface area contributed by atoms with Gasteiger partial charge in [-0.3, -0.25) is 4.79 Å². The molecule has 1 atom stereocenters. The Balaban J connectivity index is 1.97. The van der Waals surface area contributed by atoms with Crippen LogP contribution < -0.4 is 16.0 Å². The molecule has 0 bridgehead atoms. The molecule has 126 valence electrons. The van der Waals surface area contributed by atoms with Gasteiger partial charge in [-0.05, 0) is 30.5 Å². The zero-order chi connectivity index (χ0) is 17.0. The molecule has 1 aromatic rings. The number of aryl methyl sites for hydroxylation is 1. The molecule has 1 saturated heterocycles. The number of benzene rings is 1. The number of urea groups is 1. The van der Waals surface area contributed by atoms with E-state index in [1.54, 1.807) is 0 Å². The van der Waals surface area contributed by atoms with E-state index in [9.17, 15) is 9.59 Å². The molecule has 3 N–H and O–H groups in total. The van der Waals surface area contributed by atoms with Crippen LogP contribution in [0.5, 0.6) is 0 Å². The number of carbonyl (C=O) groups excluding carboxylic acids is 2. The molecule has 1 aliphatic rings. The predicted molar refractivity (Wildman–Crippen MR) is 91.3 cm³/mol. The van der Waals surface area contributed by atoms with Gasteiger partial charge in [-0.25, -0.2) is 4.79 Å². The summed E-state index contributed by atoms with van der Waals surface area (Å²) in [5.74, 6) is -0.0486. The predicted octanol–water partition coefficient (Wildman–Crippen LogP) is 1.34. The van der Waals surface area contributed by atoms with Crippen LogP contribution in [0.25, 0.3) is 0 Å². The van der Waals surface area contributed by atoms with Gasteiger partial charge in [0.25, 0.3) is 0 Å². The number of anilines is 1. The summed E-state index contributed by atoms with van der Waals surface area (Å²) in [6.07, 6.45) is 0. The summed E-state index contributed by atoms with van der Waals surface area (Å²) in [7, 11) is 0. The van der Waals surface area contributed by atoms with E-state index in [0.717, 1.165) is 13.1 Å². The molecule has 0 saturated carbocycles. The van der Waals surface area contributed by atoms with Gasteiger partial charge in [0.2, 0.25) is 5.91 Å². The van der Waals surface area contributed by atoms with Crippen molar-refractivity contribution < 1.29 is 9.59 Å². The van der Waals surface area contributed by atoms with Crippen molar-refractivity contribution in [3.63, 3.8) is 0 Å². The van der Waals surface area contributed by atoms with Crippen LogP contribution in [0, 0.1) is 12.8 Å². The molecule has 1 aromatic carbocycles. The lowest BCUT2D eigenvalue weighted by Gasteiger charge is -2.38. The molecule has 1 fully saturated rings. The Kier molecular flexibility index (Phi) is 5.47. The van der Waals surface area contributed by atoms with E-state index in [4.69, 9.17) is 5.73 Å². The highest BCUT2D eigenvalue weighted by atomic mass is 16.2. The van der Waals surface area contributed by atoms with Gasteiger partial charge in [0, 0.05) is 31.9 Å². The van der Waals surface area contributed by atoms with E-state index in [0.29, 0.717) is 13.1 Å². The van der Waals surface area contributed by atoms with Crippen molar-refractivity contribution >= 4 is 17.6 Å². The summed E-state index contributed by atoms with van der Waals surface area (Å²) in [5, 5.41) is 2.56. The van der Waals surface area contributed by atoms with Crippen molar-refractivity contribution in [2.24, 2.45) is 11.7 Å². The number of nitrogens with one attached hydrogen (secondary N) is 1. The molecule has 6 nitrogen and oxygen atoms in total. The molecular weight excluding hydrogens is 292 g/mol. The monoisotopic (exact) mass is 318 g/mol. The Labute approximate surface area is 137 Å². The zero-order valence-corrected chi connectivity index (χ0v) is 14.1. The van der Waals surface area contributed by atoms with Crippen LogP contribution in [-0.2, 0) is 4.79 Å². The van der Waals surface area contributed by atoms with E-state index in [2.05, 4.69) is 35.3 Å². The Morgan fingerprint density at radius 1 is 1.17 bits per heavy atom. The van der Waals surface area contributed by atoms with Gasteiger partial charge in [0.15, 0.2) is 0 Å². The van der Waals surface area contributed by atoms with Crippen LogP contribution in [-0.4, -0.2) is 49.1 Å². The van der Waals surface area contributed by atoms with Gasteiger partial charge < -0.3 is 20.9 Å². The van der Waals surface area contributed by atoms with Gasteiger partial charge >= 0.3 is 6.03 Å². The molecule has 0 spiro atoms. The number of hydrogen-bond acceptors (Lipinski definition) is 3. The minimum absolute atomic E-state index is 0.00445. The van der Waals surface area contributed by atoms with E-state index in [1.165, 1.54) is 11.3 Å². The molecule has 0 radical (unpaired) electrons. The topological polar surface area (TPSA) is 78.7 Å². The number of rotatable bonds is 4. The third kappa shape index (κ3) is 4.37. The largest absolute Gasteiger partial charge is 0.368 e. The molecule has 6 heteroatoms. The van der Waals surface area contributed by atoms with Gasteiger partial charge in [-0.15, -0.1) is 0 Å². The summed E-state index contributed by atoms with van der Waals surface area (Å²) in [6, 6.07) is 7.16. The second-order valence-corrected chi connectivity index (χ2v) is 6.38. The van der Waals surface area contributed by atoms with Crippen LogP contribution in [0.15, 0.2) is 24.3 Å². The van der Waals surface area contributed by atoms with Gasteiger partial charge in [0.1, 0.15) is 6.04 Å². The third-order valence-electron chi connectivity index (χ3n) is 4.19. The SMILES string of the molecule is Cc1cccc(N2CCN(C(=O)C(NC(N)=O)C(C)C)CC2)c1. The van der Waals surface area contributed by atoms with Crippen LogP contribution in [0.2, 0.25) is 0 Å². The first kappa shape index (κ1) is 17.1. The quantitative estimate of drug-likeness (QED) is 0.879. The standard InChI is InChI=1S/C17H26N4O2/c1-12(2)15(19-17(18)23)16(22)21-9-7-20(8-10-21)14-6-4-5-13(3)11-14/h4-6,11-12,15H,7-10H2,1-3H3,(H3,18,19,23). The molecule has 1 unspecified atom stereocenters. The minimum Gasteiger partial charge on any atom is -0.368 e. The smallest absolute Gasteiger partial charge is 0.312 e. The highest BCUT2D eigenvalue weighted by molar-refractivity contribution is 5.87. The van der Waals surface area contributed by atoms with Crippen molar-refractivity contribution in [1.29, 1.82) is 0 Å². The van der Waals surface area contributed by atoms with E-state index in [1.807, 2.05) is 24.8 Å².